The van der Waals surface area contributed by atoms with Crippen LogP contribution in [0, 0.1) is 0 Å². The SMILES string of the molecule is CN(C(=O)OCc1cccc(-c2ccc(C=O)s2)c1)C(C)(C)C. The quantitative estimate of drug-likeness (QED) is 0.770. The molecule has 0 aliphatic carbocycles. The van der Waals surface area contributed by atoms with Crippen molar-refractivity contribution in [1.29, 1.82) is 0 Å². The number of hydrogen-bond donors (Lipinski definition) is 0. The molecule has 1 amide bonds. The van der Waals surface area contributed by atoms with Crippen LogP contribution >= 0.6 is 11.3 Å². The van der Waals surface area contributed by atoms with E-state index in [9.17, 15) is 9.59 Å². The van der Waals surface area contributed by atoms with Crippen LogP contribution in [-0.2, 0) is 11.3 Å². The molecule has 0 spiro atoms. The molecule has 1 aromatic carbocycles. The van der Waals surface area contributed by atoms with Crippen molar-refractivity contribution >= 4 is 23.7 Å². The van der Waals surface area contributed by atoms with Crippen molar-refractivity contribution in [2.24, 2.45) is 0 Å². The van der Waals surface area contributed by atoms with Crippen molar-refractivity contribution < 1.29 is 14.3 Å². The minimum Gasteiger partial charge on any atom is -0.445 e. The minimum absolute atomic E-state index is 0.221. The molecule has 1 heterocycles. The van der Waals surface area contributed by atoms with E-state index in [-0.39, 0.29) is 18.2 Å². The predicted molar refractivity (Wildman–Crippen MR) is 92.8 cm³/mol. The molecule has 0 aliphatic heterocycles. The van der Waals surface area contributed by atoms with Crippen LogP contribution in [0.1, 0.15) is 36.0 Å². The van der Waals surface area contributed by atoms with Gasteiger partial charge in [0.05, 0.1) is 4.88 Å². The van der Waals surface area contributed by atoms with Crippen molar-refractivity contribution in [2.45, 2.75) is 32.9 Å². The maximum absolute atomic E-state index is 12.0. The van der Waals surface area contributed by atoms with E-state index in [1.54, 1.807) is 18.0 Å². The van der Waals surface area contributed by atoms with E-state index < -0.39 is 0 Å². The fourth-order valence-corrected chi connectivity index (χ4v) is 2.72. The van der Waals surface area contributed by atoms with Gasteiger partial charge in [0.25, 0.3) is 0 Å². The van der Waals surface area contributed by atoms with E-state index >= 15 is 0 Å². The first-order chi connectivity index (χ1) is 10.8. The zero-order valence-electron chi connectivity index (χ0n) is 13.8. The van der Waals surface area contributed by atoms with Gasteiger partial charge >= 0.3 is 6.09 Å². The predicted octanol–water partition coefficient (Wildman–Crippen LogP) is 4.59. The van der Waals surface area contributed by atoms with Gasteiger partial charge in [-0.25, -0.2) is 4.79 Å². The number of benzene rings is 1. The van der Waals surface area contributed by atoms with E-state index in [0.29, 0.717) is 4.88 Å². The summed E-state index contributed by atoms with van der Waals surface area (Å²) < 4.78 is 5.37. The van der Waals surface area contributed by atoms with Crippen molar-refractivity contribution in [3.8, 4) is 10.4 Å². The highest BCUT2D eigenvalue weighted by Crippen LogP contribution is 2.28. The fourth-order valence-electron chi connectivity index (χ4n) is 1.90. The lowest BCUT2D eigenvalue weighted by Crippen LogP contribution is -2.42. The van der Waals surface area contributed by atoms with Crippen LogP contribution in [0.3, 0.4) is 0 Å². The molecule has 2 aromatic rings. The molecule has 0 saturated carbocycles. The molecule has 0 bridgehead atoms. The van der Waals surface area contributed by atoms with Crippen molar-refractivity contribution in [2.75, 3.05) is 7.05 Å². The Labute approximate surface area is 140 Å². The number of rotatable bonds is 4. The minimum atomic E-state index is -0.345. The summed E-state index contributed by atoms with van der Waals surface area (Å²) in [5.74, 6) is 0. The molecule has 0 aliphatic rings. The summed E-state index contributed by atoms with van der Waals surface area (Å²) in [5.41, 5.74) is 1.65. The van der Waals surface area contributed by atoms with E-state index in [2.05, 4.69) is 0 Å². The zero-order valence-corrected chi connectivity index (χ0v) is 14.6. The molecule has 4 nitrogen and oxygen atoms in total. The van der Waals surface area contributed by atoms with Crippen LogP contribution in [0.15, 0.2) is 36.4 Å². The second-order valence-corrected chi connectivity index (χ2v) is 7.42. The van der Waals surface area contributed by atoms with Crippen LogP contribution in [0.5, 0.6) is 0 Å². The van der Waals surface area contributed by atoms with Gasteiger partial charge in [0.15, 0.2) is 6.29 Å². The average molecular weight is 331 g/mol. The normalized spacial score (nSPS) is 11.1. The highest BCUT2D eigenvalue weighted by molar-refractivity contribution is 7.17. The second kappa shape index (κ2) is 6.96. The maximum atomic E-state index is 12.0. The van der Waals surface area contributed by atoms with Gasteiger partial charge in [-0.1, -0.05) is 18.2 Å². The Kier molecular flexibility index (Phi) is 5.21. The number of carbonyl (C=O) groups is 2. The van der Waals surface area contributed by atoms with E-state index in [0.717, 1.165) is 22.3 Å². The standard InChI is InChI=1S/C18H21NO3S/c1-18(2,3)19(4)17(21)22-12-13-6-5-7-14(10-13)16-9-8-15(11-20)23-16/h5-11H,12H2,1-4H3. The van der Waals surface area contributed by atoms with Gasteiger partial charge in [0.1, 0.15) is 6.61 Å². The summed E-state index contributed by atoms with van der Waals surface area (Å²) in [7, 11) is 1.73. The van der Waals surface area contributed by atoms with E-state index in [1.807, 2.05) is 51.1 Å². The Morgan fingerprint density at radius 1 is 1.26 bits per heavy atom. The lowest BCUT2D eigenvalue weighted by Gasteiger charge is -2.30. The molecule has 0 unspecified atom stereocenters. The van der Waals surface area contributed by atoms with Crippen LogP contribution in [-0.4, -0.2) is 29.9 Å². The third kappa shape index (κ3) is 4.42. The number of amides is 1. The fraction of sp³-hybridized carbons (Fsp3) is 0.333. The van der Waals surface area contributed by atoms with Crippen LogP contribution in [0.2, 0.25) is 0 Å². The summed E-state index contributed by atoms with van der Waals surface area (Å²) in [6.45, 7) is 6.09. The Morgan fingerprint density at radius 2 is 2.00 bits per heavy atom. The summed E-state index contributed by atoms with van der Waals surface area (Å²) in [6.07, 6.45) is 0.504. The largest absolute Gasteiger partial charge is 0.445 e. The van der Waals surface area contributed by atoms with Crippen molar-refractivity contribution in [3.63, 3.8) is 0 Å². The monoisotopic (exact) mass is 331 g/mol. The lowest BCUT2D eigenvalue weighted by atomic mass is 10.1. The van der Waals surface area contributed by atoms with Crippen LogP contribution in [0.4, 0.5) is 4.79 Å². The molecule has 122 valence electrons. The van der Waals surface area contributed by atoms with E-state index in [1.165, 1.54) is 11.3 Å². The summed E-state index contributed by atoms with van der Waals surface area (Å²) in [6, 6.07) is 11.5. The number of ether oxygens (including phenoxy) is 1. The molecule has 0 saturated heterocycles. The van der Waals surface area contributed by atoms with Gasteiger partial charge in [-0.05, 0) is 50.1 Å². The van der Waals surface area contributed by atoms with Gasteiger partial charge in [0.2, 0.25) is 0 Å². The second-order valence-electron chi connectivity index (χ2n) is 6.30. The van der Waals surface area contributed by atoms with Crippen LogP contribution < -0.4 is 0 Å². The number of thiophene rings is 1. The van der Waals surface area contributed by atoms with Gasteiger partial charge in [-0.3, -0.25) is 4.79 Å². The Balaban J connectivity index is 2.06. The summed E-state index contributed by atoms with van der Waals surface area (Å²) >= 11 is 1.44. The Bertz CT molecular complexity index is 700. The highest BCUT2D eigenvalue weighted by atomic mass is 32.1. The molecular formula is C18H21NO3S. The lowest BCUT2D eigenvalue weighted by molar-refractivity contribution is 0.0759. The van der Waals surface area contributed by atoms with Crippen LogP contribution in [0.25, 0.3) is 10.4 Å². The number of aldehydes is 1. The third-order valence-electron chi connectivity index (χ3n) is 3.60. The molecule has 0 N–H and O–H groups in total. The molecule has 0 fully saturated rings. The molecule has 5 heteroatoms. The van der Waals surface area contributed by atoms with Gasteiger partial charge in [-0.15, -0.1) is 11.3 Å². The number of hydrogen-bond acceptors (Lipinski definition) is 4. The van der Waals surface area contributed by atoms with Gasteiger partial charge in [0, 0.05) is 17.5 Å². The summed E-state index contributed by atoms with van der Waals surface area (Å²) in [4.78, 5) is 26.1. The maximum Gasteiger partial charge on any atom is 0.410 e. The topological polar surface area (TPSA) is 46.6 Å². The average Bonchev–Trinajstić information content (AvgIpc) is 3.00. The first-order valence-corrected chi connectivity index (χ1v) is 8.18. The van der Waals surface area contributed by atoms with Crippen molar-refractivity contribution in [3.05, 3.63) is 46.8 Å². The number of carbonyl (C=O) groups excluding carboxylic acids is 2. The van der Waals surface area contributed by atoms with Gasteiger partial charge < -0.3 is 9.64 Å². The number of nitrogens with zero attached hydrogens (tertiary/aromatic N) is 1. The molecule has 23 heavy (non-hydrogen) atoms. The first kappa shape index (κ1) is 17.2. The van der Waals surface area contributed by atoms with Crippen molar-refractivity contribution in [1.82, 2.24) is 4.90 Å². The Morgan fingerprint density at radius 3 is 2.61 bits per heavy atom. The molecule has 1 aromatic heterocycles. The van der Waals surface area contributed by atoms with Gasteiger partial charge in [-0.2, -0.15) is 0 Å². The highest BCUT2D eigenvalue weighted by Gasteiger charge is 2.23. The molecule has 0 atom stereocenters. The summed E-state index contributed by atoms with van der Waals surface area (Å²) in [5, 5.41) is 0. The Hall–Kier alpha value is -2.14. The third-order valence-corrected chi connectivity index (χ3v) is 4.66. The molecule has 0 radical (unpaired) electrons. The smallest absolute Gasteiger partial charge is 0.410 e. The van der Waals surface area contributed by atoms with E-state index in [4.69, 9.17) is 4.74 Å². The zero-order chi connectivity index (χ0) is 17.0. The first-order valence-electron chi connectivity index (χ1n) is 7.36. The molecular weight excluding hydrogens is 310 g/mol. The molecule has 2 rings (SSSR count).